The van der Waals surface area contributed by atoms with Crippen LogP contribution in [-0.4, -0.2) is 51.0 Å². The van der Waals surface area contributed by atoms with E-state index < -0.39 is 36.0 Å². The lowest BCUT2D eigenvalue weighted by molar-refractivity contribution is -0.140. The Morgan fingerprint density at radius 1 is 1.20 bits per heavy atom. The fourth-order valence-electron chi connectivity index (χ4n) is 3.20. The van der Waals surface area contributed by atoms with Gasteiger partial charge >= 0.3 is 12.1 Å². The van der Waals surface area contributed by atoms with Gasteiger partial charge in [0.25, 0.3) is 5.91 Å². The molecular formula is C21H21N3O6. The highest BCUT2D eigenvalue weighted by Crippen LogP contribution is 2.25. The summed E-state index contributed by atoms with van der Waals surface area (Å²) in [5.41, 5.74) is 0.731. The van der Waals surface area contributed by atoms with Crippen LogP contribution < -0.4 is 4.90 Å². The SMILES string of the molecule is CC(C(=O)O)N(C(=O)[C@@H]1CCC(=O)N1C(=O)OCc1ccccc1)c1ccccn1. The van der Waals surface area contributed by atoms with E-state index >= 15 is 0 Å². The Bertz CT molecular complexity index is 934. The summed E-state index contributed by atoms with van der Waals surface area (Å²) in [6.45, 7) is 1.28. The molecule has 0 aliphatic carbocycles. The monoisotopic (exact) mass is 411 g/mol. The number of carboxylic acid groups (broad SMARTS) is 1. The summed E-state index contributed by atoms with van der Waals surface area (Å²) in [5.74, 6) is -2.37. The second-order valence-electron chi connectivity index (χ2n) is 6.77. The van der Waals surface area contributed by atoms with Crippen molar-refractivity contribution < 1.29 is 29.0 Å². The van der Waals surface area contributed by atoms with Crippen molar-refractivity contribution in [3.8, 4) is 0 Å². The molecule has 0 radical (unpaired) electrons. The van der Waals surface area contributed by atoms with Gasteiger partial charge in [-0.2, -0.15) is 0 Å². The molecule has 9 heteroatoms. The number of imide groups is 1. The highest BCUT2D eigenvalue weighted by Gasteiger charge is 2.45. The summed E-state index contributed by atoms with van der Waals surface area (Å²) in [6.07, 6.45) is 0.543. The fraction of sp³-hybridized carbons (Fsp3) is 0.286. The zero-order valence-electron chi connectivity index (χ0n) is 16.3. The number of aliphatic carboxylic acids is 1. The summed E-state index contributed by atoms with van der Waals surface area (Å²) < 4.78 is 5.22. The van der Waals surface area contributed by atoms with Crippen molar-refractivity contribution in [3.05, 3.63) is 60.3 Å². The highest BCUT2D eigenvalue weighted by molar-refractivity contribution is 6.07. The Kier molecular flexibility index (Phi) is 6.41. The molecule has 2 aromatic rings. The molecule has 3 amide bonds. The molecule has 1 aliphatic rings. The van der Waals surface area contributed by atoms with Crippen molar-refractivity contribution in [2.45, 2.75) is 38.5 Å². The van der Waals surface area contributed by atoms with E-state index in [0.29, 0.717) is 0 Å². The molecule has 156 valence electrons. The van der Waals surface area contributed by atoms with Gasteiger partial charge in [-0.15, -0.1) is 0 Å². The molecule has 0 spiro atoms. The van der Waals surface area contributed by atoms with Gasteiger partial charge < -0.3 is 9.84 Å². The maximum Gasteiger partial charge on any atom is 0.417 e. The van der Waals surface area contributed by atoms with Crippen LogP contribution in [0.3, 0.4) is 0 Å². The number of ether oxygens (including phenoxy) is 1. The van der Waals surface area contributed by atoms with Crippen LogP contribution in [-0.2, 0) is 25.7 Å². The van der Waals surface area contributed by atoms with Crippen LogP contribution in [0.25, 0.3) is 0 Å². The number of pyridine rings is 1. The summed E-state index contributed by atoms with van der Waals surface area (Å²) >= 11 is 0. The number of carbonyl (C=O) groups excluding carboxylic acids is 3. The number of amides is 3. The van der Waals surface area contributed by atoms with E-state index in [4.69, 9.17) is 4.74 Å². The average Bonchev–Trinajstić information content (AvgIpc) is 3.15. The predicted molar refractivity (Wildman–Crippen MR) is 105 cm³/mol. The molecule has 1 aromatic carbocycles. The smallest absolute Gasteiger partial charge is 0.417 e. The predicted octanol–water partition coefficient (Wildman–Crippen LogP) is 2.22. The molecule has 2 heterocycles. The summed E-state index contributed by atoms with van der Waals surface area (Å²) in [6, 6.07) is 11.2. The third-order valence-electron chi connectivity index (χ3n) is 4.78. The van der Waals surface area contributed by atoms with Gasteiger partial charge in [0.05, 0.1) is 0 Å². The zero-order valence-corrected chi connectivity index (χ0v) is 16.3. The van der Waals surface area contributed by atoms with Gasteiger partial charge in [-0.05, 0) is 31.0 Å². The minimum absolute atomic E-state index is 0.0195. The van der Waals surface area contributed by atoms with Crippen LogP contribution in [0.5, 0.6) is 0 Å². The molecule has 1 aromatic heterocycles. The van der Waals surface area contributed by atoms with E-state index in [1.165, 1.54) is 19.2 Å². The number of anilines is 1. The largest absolute Gasteiger partial charge is 0.480 e. The molecule has 1 aliphatic heterocycles. The van der Waals surface area contributed by atoms with Crippen molar-refractivity contribution in [3.63, 3.8) is 0 Å². The highest BCUT2D eigenvalue weighted by atomic mass is 16.6. The lowest BCUT2D eigenvalue weighted by atomic mass is 10.1. The van der Waals surface area contributed by atoms with E-state index in [1.807, 2.05) is 6.07 Å². The number of likely N-dealkylation sites (tertiary alicyclic amines) is 1. The maximum atomic E-state index is 13.2. The molecule has 1 N–H and O–H groups in total. The maximum absolute atomic E-state index is 13.2. The normalized spacial score (nSPS) is 16.8. The molecule has 1 saturated heterocycles. The molecule has 30 heavy (non-hydrogen) atoms. The first kappa shape index (κ1) is 21.0. The van der Waals surface area contributed by atoms with Gasteiger partial charge in [-0.1, -0.05) is 36.4 Å². The minimum atomic E-state index is -1.25. The van der Waals surface area contributed by atoms with E-state index in [2.05, 4.69) is 4.98 Å². The number of carbonyl (C=O) groups is 4. The summed E-state index contributed by atoms with van der Waals surface area (Å²) in [4.78, 5) is 55.6. The fourth-order valence-corrected chi connectivity index (χ4v) is 3.20. The summed E-state index contributed by atoms with van der Waals surface area (Å²) in [7, 11) is 0. The lowest BCUT2D eigenvalue weighted by Crippen LogP contribution is -2.53. The molecule has 0 saturated carbocycles. The molecule has 1 unspecified atom stereocenters. The molecule has 9 nitrogen and oxygen atoms in total. The van der Waals surface area contributed by atoms with Gasteiger partial charge in [0, 0.05) is 12.6 Å². The molecule has 3 rings (SSSR count). The van der Waals surface area contributed by atoms with Crippen molar-refractivity contribution in [1.82, 2.24) is 9.88 Å². The van der Waals surface area contributed by atoms with Crippen molar-refractivity contribution in [2.24, 2.45) is 0 Å². The Morgan fingerprint density at radius 3 is 2.53 bits per heavy atom. The Balaban J connectivity index is 1.82. The van der Waals surface area contributed by atoms with Gasteiger partial charge in [-0.25, -0.2) is 19.5 Å². The quantitative estimate of drug-likeness (QED) is 0.774. The first-order valence-corrected chi connectivity index (χ1v) is 9.39. The van der Waals surface area contributed by atoms with Crippen LogP contribution >= 0.6 is 0 Å². The number of rotatable bonds is 6. The van der Waals surface area contributed by atoms with Crippen molar-refractivity contribution in [2.75, 3.05) is 4.90 Å². The Labute approximate surface area is 172 Å². The standard InChI is InChI=1S/C21H21N3O6/c1-14(20(27)28)23(17-9-5-6-12-22-17)19(26)16-10-11-18(25)24(16)21(29)30-13-15-7-3-2-4-8-15/h2-9,12,14,16H,10-11,13H2,1H3,(H,27,28)/t14?,16-/m0/s1. The van der Waals surface area contributed by atoms with E-state index in [9.17, 15) is 24.3 Å². The van der Waals surface area contributed by atoms with Gasteiger partial charge in [0.15, 0.2) is 0 Å². The zero-order chi connectivity index (χ0) is 21.7. The Hall–Kier alpha value is -3.75. The lowest BCUT2D eigenvalue weighted by Gasteiger charge is -2.30. The first-order chi connectivity index (χ1) is 14.4. The van der Waals surface area contributed by atoms with E-state index in [0.717, 1.165) is 15.4 Å². The first-order valence-electron chi connectivity index (χ1n) is 9.39. The minimum Gasteiger partial charge on any atom is -0.480 e. The number of nitrogens with zero attached hydrogens (tertiary/aromatic N) is 3. The topological polar surface area (TPSA) is 117 Å². The molecular weight excluding hydrogens is 390 g/mol. The molecule has 1 fully saturated rings. The van der Waals surface area contributed by atoms with Crippen LogP contribution in [0.2, 0.25) is 0 Å². The molecule has 0 bridgehead atoms. The van der Waals surface area contributed by atoms with Crippen LogP contribution in [0.15, 0.2) is 54.7 Å². The van der Waals surface area contributed by atoms with Crippen LogP contribution in [0.4, 0.5) is 10.6 Å². The number of benzene rings is 1. The number of carboxylic acids is 1. The van der Waals surface area contributed by atoms with E-state index in [1.54, 1.807) is 36.4 Å². The van der Waals surface area contributed by atoms with Gasteiger partial charge in [0.1, 0.15) is 24.5 Å². The van der Waals surface area contributed by atoms with Crippen LogP contribution in [0.1, 0.15) is 25.3 Å². The van der Waals surface area contributed by atoms with Crippen molar-refractivity contribution in [1.29, 1.82) is 0 Å². The van der Waals surface area contributed by atoms with Gasteiger partial charge in [0.2, 0.25) is 5.91 Å². The van der Waals surface area contributed by atoms with Crippen molar-refractivity contribution >= 4 is 29.7 Å². The second-order valence-corrected chi connectivity index (χ2v) is 6.77. The second kappa shape index (κ2) is 9.17. The number of aromatic nitrogens is 1. The third kappa shape index (κ3) is 4.45. The number of hydrogen-bond donors (Lipinski definition) is 1. The van der Waals surface area contributed by atoms with Gasteiger partial charge in [-0.3, -0.25) is 14.5 Å². The molecule has 2 atom stereocenters. The average molecular weight is 411 g/mol. The third-order valence-corrected chi connectivity index (χ3v) is 4.78. The number of hydrogen-bond acceptors (Lipinski definition) is 6. The Morgan fingerprint density at radius 2 is 1.90 bits per heavy atom. The van der Waals surface area contributed by atoms with E-state index in [-0.39, 0.29) is 25.3 Å². The van der Waals surface area contributed by atoms with Crippen LogP contribution in [0, 0.1) is 0 Å². The summed E-state index contributed by atoms with van der Waals surface area (Å²) in [5, 5.41) is 9.45.